The molecule has 0 radical (unpaired) electrons. The van der Waals surface area contributed by atoms with Gasteiger partial charge >= 0.3 is 0 Å². The van der Waals surface area contributed by atoms with Gasteiger partial charge in [0.15, 0.2) is 5.13 Å². The van der Waals surface area contributed by atoms with E-state index in [1.807, 2.05) is 42.0 Å². The second-order valence-electron chi connectivity index (χ2n) is 5.50. The lowest BCUT2D eigenvalue weighted by Gasteiger charge is -2.15. The fourth-order valence-corrected chi connectivity index (χ4v) is 3.57. The molecule has 1 aliphatic heterocycles. The minimum Gasteiger partial charge on any atom is -0.361 e. The molecule has 1 saturated heterocycles. The van der Waals surface area contributed by atoms with Crippen molar-refractivity contribution in [3.63, 3.8) is 0 Å². The summed E-state index contributed by atoms with van der Waals surface area (Å²) in [4.78, 5) is 22.1. The van der Waals surface area contributed by atoms with Crippen LogP contribution < -0.4 is 10.2 Å². The predicted molar refractivity (Wildman–Crippen MR) is 88.5 cm³/mol. The normalized spacial score (nSPS) is 18.0. The van der Waals surface area contributed by atoms with Gasteiger partial charge in [-0.1, -0.05) is 0 Å². The summed E-state index contributed by atoms with van der Waals surface area (Å²) >= 11 is 1.64. The molecule has 3 aromatic rings. The van der Waals surface area contributed by atoms with Crippen molar-refractivity contribution in [3.05, 3.63) is 47.6 Å². The highest BCUT2D eigenvalue weighted by molar-refractivity contribution is 7.13. The van der Waals surface area contributed by atoms with Crippen molar-refractivity contribution in [2.24, 2.45) is 0 Å². The van der Waals surface area contributed by atoms with Gasteiger partial charge in [-0.05, 0) is 30.7 Å². The second-order valence-corrected chi connectivity index (χ2v) is 6.37. The Morgan fingerprint density at radius 2 is 2.36 bits per heavy atom. The van der Waals surface area contributed by atoms with Crippen molar-refractivity contribution >= 4 is 33.3 Å². The molecule has 22 heavy (non-hydrogen) atoms. The summed E-state index contributed by atoms with van der Waals surface area (Å²) in [6.45, 7) is 1.76. The Labute approximate surface area is 132 Å². The monoisotopic (exact) mass is 312 g/mol. The minimum absolute atomic E-state index is 0.00547. The van der Waals surface area contributed by atoms with Crippen molar-refractivity contribution in [1.29, 1.82) is 0 Å². The van der Waals surface area contributed by atoms with Crippen LogP contribution in [0.2, 0.25) is 0 Å². The fraction of sp³-hybridized carbons (Fsp3) is 0.250. The van der Waals surface area contributed by atoms with Gasteiger partial charge in [-0.3, -0.25) is 4.79 Å². The van der Waals surface area contributed by atoms with E-state index in [0.29, 0.717) is 5.56 Å². The Balaban J connectivity index is 1.43. The minimum atomic E-state index is -0.00547. The predicted octanol–water partition coefficient (Wildman–Crippen LogP) is 2.63. The first-order valence-electron chi connectivity index (χ1n) is 7.32. The molecule has 0 saturated carbocycles. The summed E-state index contributed by atoms with van der Waals surface area (Å²) in [5.41, 5.74) is 1.76. The van der Waals surface area contributed by atoms with Gasteiger partial charge in [-0.25, -0.2) is 4.98 Å². The number of anilines is 1. The van der Waals surface area contributed by atoms with E-state index in [4.69, 9.17) is 0 Å². The molecule has 0 aliphatic carbocycles. The summed E-state index contributed by atoms with van der Waals surface area (Å²) in [6.07, 6.45) is 4.66. The largest absolute Gasteiger partial charge is 0.361 e. The molecule has 4 rings (SSSR count). The van der Waals surface area contributed by atoms with Gasteiger partial charge in [0.1, 0.15) is 0 Å². The summed E-state index contributed by atoms with van der Waals surface area (Å²) in [5, 5.41) is 7.20. The van der Waals surface area contributed by atoms with Gasteiger partial charge in [0.25, 0.3) is 5.91 Å². The first kappa shape index (κ1) is 13.3. The first-order valence-corrected chi connectivity index (χ1v) is 8.20. The van der Waals surface area contributed by atoms with E-state index in [2.05, 4.69) is 20.2 Å². The highest BCUT2D eigenvalue weighted by Gasteiger charge is 2.25. The summed E-state index contributed by atoms with van der Waals surface area (Å²) in [5.74, 6) is -0.00547. The van der Waals surface area contributed by atoms with Gasteiger partial charge in [0, 0.05) is 53.4 Å². The molecule has 1 unspecified atom stereocenters. The number of rotatable bonds is 3. The maximum atomic E-state index is 12.4. The molecule has 1 amide bonds. The molecule has 1 atom stereocenters. The van der Waals surface area contributed by atoms with E-state index >= 15 is 0 Å². The summed E-state index contributed by atoms with van der Waals surface area (Å²) in [6, 6.07) is 7.89. The third kappa shape index (κ3) is 2.46. The zero-order chi connectivity index (χ0) is 14.9. The van der Waals surface area contributed by atoms with Gasteiger partial charge in [0.05, 0.1) is 0 Å². The summed E-state index contributed by atoms with van der Waals surface area (Å²) < 4.78 is 0. The molecule has 3 heterocycles. The number of H-pyrrole nitrogens is 1. The standard InChI is InChI=1S/C16H16N4OS/c21-15(12-1-2-14-11(9-12)3-5-17-14)19-13-4-7-20(10-13)16-18-6-8-22-16/h1-3,5-6,8-9,13,17H,4,7,10H2,(H,19,21). The number of aromatic amines is 1. The van der Waals surface area contributed by atoms with E-state index in [-0.39, 0.29) is 11.9 Å². The Morgan fingerprint density at radius 1 is 1.41 bits per heavy atom. The number of hydrogen-bond donors (Lipinski definition) is 2. The van der Waals surface area contributed by atoms with Crippen LogP contribution in [-0.4, -0.2) is 35.0 Å². The van der Waals surface area contributed by atoms with E-state index < -0.39 is 0 Å². The molecule has 112 valence electrons. The molecule has 2 N–H and O–H groups in total. The molecule has 0 bridgehead atoms. The highest BCUT2D eigenvalue weighted by Crippen LogP contribution is 2.22. The maximum absolute atomic E-state index is 12.4. The van der Waals surface area contributed by atoms with Gasteiger partial charge < -0.3 is 15.2 Å². The molecule has 5 nitrogen and oxygen atoms in total. The number of benzene rings is 1. The lowest BCUT2D eigenvalue weighted by Crippen LogP contribution is -2.37. The van der Waals surface area contributed by atoms with Crippen molar-refractivity contribution < 1.29 is 4.79 Å². The van der Waals surface area contributed by atoms with Crippen molar-refractivity contribution in [1.82, 2.24) is 15.3 Å². The highest BCUT2D eigenvalue weighted by atomic mass is 32.1. The van der Waals surface area contributed by atoms with Crippen LogP contribution in [0.1, 0.15) is 16.8 Å². The smallest absolute Gasteiger partial charge is 0.251 e. The second kappa shape index (κ2) is 5.46. The Kier molecular flexibility index (Phi) is 3.31. The number of fused-ring (bicyclic) bond motifs is 1. The Morgan fingerprint density at radius 3 is 3.23 bits per heavy atom. The number of aromatic nitrogens is 2. The molecule has 1 aromatic carbocycles. The molecule has 2 aromatic heterocycles. The molecule has 6 heteroatoms. The fourth-order valence-electron chi connectivity index (χ4n) is 2.89. The number of carbonyl (C=O) groups excluding carboxylic acids is 1. The molecular formula is C16H16N4OS. The third-order valence-corrected chi connectivity index (χ3v) is 4.86. The van der Waals surface area contributed by atoms with Crippen LogP contribution in [0.3, 0.4) is 0 Å². The number of nitrogens with zero attached hydrogens (tertiary/aromatic N) is 2. The zero-order valence-electron chi connectivity index (χ0n) is 12.0. The molecule has 0 spiro atoms. The van der Waals surface area contributed by atoms with Crippen LogP contribution in [0.5, 0.6) is 0 Å². The molecule has 1 aliphatic rings. The van der Waals surface area contributed by atoms with E-state index in [1.54, 1.807) is 11.3 Å². The zero-order valence-corrected chi connectivity index (χ0v) is 12.8. The lowest BCUT2D eigenvalue weighted by atomic mass is 10.1. The van der Waals surface area contributed by atoms with Gasteiger partial charge in [-0.15, -0.1) is 11.3 Å². The van der Waals surface area contributed by atoms with Crippen LogP contribution >= 0.6 is 11.3 Å². The SMILES string of the molecule is O=C(NC1CCN(c2nccs2)C1)c1ccc2[nH]ccc2c1. The van der Waals surface area contributed by atoms with Gasteiger partial charge in [-0.2, -0.15) is 0 Å². The number of hydrogen-bond acceptors (Lipinski definition) is 4. The first-order chi connectivity index (χ1) is 10.8. The maximum Gasteiger partial charge on any atom is 0.251 e. The number of amides is 1. The van der Waals surface area contributed by atoms with Crippen LogP contribution in [0.15, 0.2) is 42.0 Å². The third-order valence-electron chi connectivity index (χ3n) is 4.03. The van der Waals surface area contributed by atoms with Crippen LogP contribution in [0, 0.1) is 0 Å². The topological polar surface area (TPSA) is 61.0 Å². The average molecular weight is 312 g/mol. The van der Waals surface area contributed by atoms with E-state index in [1.165, 1.54) is 0 Å². The van der Waals surface area contributed by atoms with Crippen LogP contribution in [0.4, 0.5) is 5.13 Å². The lowest BCUT2D eigenvalue weighted by molar-refractivity contribution is 0.0940. The van der Waals surface area contributed by atoms with E-state index in [0.717, 1.165) is 35.5 Å². The van der Waals surface area contributed by atoms with Crippen LogP contribution in [0.25, 0.3) is 10.9 Å². The van der Waals surface area contributed by atoms with Crippen molar-refractivity contribution in [3.8, 4) is 0 Å². The van der Waals surface area contributed by atoms with Crippen molar-refractivity contribution in [2.45, 2.75) is 12.5 Å². The number of thiazole rings is 1. The van der Waals surface area contributed by atoms with E-state index in [9.17, 15) is 4.79 Å². The van der Waals surface area contributed by atoms with Crippen molar-refractivity contribution in [2.75, 3.05) is 18.0 Å². The number of carbonyl (C=O) groups is 1. The Bertz CT molecular complexity index is 795. The average Bonchev–Trinajstić information content (AvgIpc) is 3.27. The Hall–Kier alpha value is -2.34. The molecular weight excluding hydrogens is 296 g/mol. The quantitative estimate of drug-likeness (QED) is 0.781. The summed E-state index contributed by atoms with van der Waals surface area (Å²) in [7, 11) is 0. The number of nitrogens with one attached hydrogen (secondary N) is 2. The van der Waals surface area contributed by atoms with Gasteiger partial charge in [0.2, 0.25) is 0 Å². The van der Waals surface area contributed by atoms with Crippen LogP contribution in [-0.2, 0) is 0 Å². The molecule has 1 fully saturated rings.